The smallest absolute Gasteiger partial charge is 0.124 e. The molecule has 0 aliphatic carbocycles. The van der Waals surface area contributed by atoms with Crippen molar-refractivity contribution in [3.63, 3.8) is 0 Å². The van der Waals surface area contributed by atoms with Crippen molar-refractivity contribution < 1.29 is 4.74 Å². The van der Waals surface area contributed by atoms with Crippen LogP contribution in [-0.2, 0) is 4.74 Å². The summed E-state index contributed by atoms with van der Waals surface area (Å²) in [6.07, 6.45) is 5.23. The Balaban J connectivity index is 4.69. The van der Waals surface area contributed by atoms with Gasteiger partial charge in [0.25, 0.3) is 0 Å². The molecule has 0 atom stereocenters. The quantitative estimate of drug-likeness (QED) is 0.423. The zero-order chi connectivity index (χ0) is 11.3. The fourth-order valence-corrected chi connectivity index (χ4v) is 0.659. The van der Waals surface area contributed by atoms with Crippen molar-refractivity contribution in [3.05, 3.63) is 34.9 Å². The molecule has 0 amide bonds. The Morgan fingerprint density at radius 3 is 2.14 bits per heavy atom. The fraction of sp³-hybridized carbons (Fsp3) is 0.333. The molecule has 0 bridgehead atoms. The maximum absolute atomic E-state index is 5.60. The predicted octanol–water partition coefficient (Wildman–Crippen LogP) is 2.70. The van der Waals surface area contributed by atoms with Crippen molar-refractivity contribution in [3.8, 4) is 12.3 Å². The standard InChI is InChI=1S/C12H17NO/c1-7-8(2)11(5)14-12(6)9(3)10(4)13/h1H,6,13H2,2-5H3/b10-9+,11-8-. The van der Waals surface area contributed by atoms with Gasteiger partial charge in [0.15, 0.2) is 0 Å². The van der Waals surface area contributed by atoms with E-state index in [4.69, 9.17) is 16.9 Å². The highest BCUT2D eigenvalue weighted by molar-refractivity contribution is 5.30. The van der Waals surface area contributed by atoms with Crippen LogP contribution < -0.4 is 5.73 Å². The van der Waals surface area contributed by atoms with Crippen molar-refractivity contribution in [2.75, 3.05) is 0 Å². The average Bonchev–Trinajstić information content (AvgIpc) is 2.14. The molecule has 0 aliphatic rings. The van der Waals surface area contributed by atoms with Gasteiger partial charge in [-0.3, -0.25) is 0 Å². The summed E-state index contributed by atoms with van der Waals surface area (Å²) >= 11 is 0. The Morgan fingerprint density at radius 1 is 1.29 bits per heavy atom. The molecule has 0 aliphatic heterocycles. The van der Waals surface area contributed by atoms with Gasteiger partial charge in [0.2, 0.25) is 0 Å². The van der Waals surface area contributed by atoms with E-state index >= 15 is 0 Å². The number of ether oxygens (including phenoxy) is 1. The van der Waals surface area contributed by atoms with Gasteiger partial charge in [-0.1, -0.05) is 12.5 Å². The van der Waals surface area contributed by atoms with E-state index in [1.165, 1.54) is 0 Å². The maximum atomic E-state index is 5.60. The Morgan fingerprint density at radius 2 is 1.79 bits per heavy atom. The first-order valence-electron chi connectivity index (χ1n) is 4.34. The van der Waals surface area contributed by atoms with E-state index in [0.29, 0.717) is 17.2 Å². The van der Waals surface area contributed by atoms with Crippen LogP contribution in [0.2, 0.25) is 0 Å². The van der Waals surface area contributed by atoms with Crippen LogP contribution in [0.4, 0.5) is 0 Å². The monoisotopic (exact) mass is 191 g/mol. The highest BCUT2D eigenvalue weighted by atomic mass is 16.5. The third kappa shape index (κ3) is 3.40. The first-order chi connectivity index (χ1) is 6.40. The summed E-state index contributed by atoms with van der Waals surface area (Å²) in [6.45, 7) is 11.1. The second-order valence-corrected chi connectivity index (χ2v) is 3.16. The summed E-state index contributed by atoms with van der Waals surface area (Å²) in [5, 5.41) is 0. The third-order valence-corrected chi connectivity index (χ3v) is 2.03. The topological polar surface area (TPSA) is 35.2 Å². The van der Waals surface area contributed by atoms with E-state index < -0.39 is 0 Å². The summed E-state index contributed by atoms with van der Waals surface area (Å²) in [6, 6.07) is 0. The molecule has 2 heteroatoms. The molecule has 0 fully saturated rings. The molecule has 0 aromatic carbocycles. The molecule has 76 valence electrons. The molecule has 14 heavy (non-hydrogen) atoms. The minimum Gasteiger partial charge on any atom is -0.461 e. The lowest BCUT2D eigenvalue weighted by Gasteiger charge is -2.11. The van der Waals surface area contributed by atoms with E-state index in [-0.39, 0.29) is 0 Å². The summed E-state index contributed by atoms with van der Waals surface area (Å²) in [5.74, 6) is 3.72. The van der Waals surface area contributed by atoms with Gasteiger partial charge >= 0.3 is 0 Å². The number of allylic oxidation sites excluding steroid dienone is 4. The molecule has 0 aromatic heterocycles. The zero-order valence-corrected chi connectivity index (χ0v) is 9.27. The minimum absolute atomic E-state index is 0.539. The lowest BCUT2D eigenvalue weighted by Crippen LogP contribution is -2.00. The van der Waals surface area contributed by atoms with Crippen LogP contribution in [0.1, 0.15) is 27.7 Å². The van der Waals surface area contributed by atoms with E-state index in [1.807, 2.05) is 13.8 Å². The number of hydrogen-bond donors (Lipinski definition) is 1. The van der Waals surface area contributed by atoms with Crippen LogP contribution in [0, 0.1) is 12.3 Å². The Kier molecular flexibility index (Phi) is 4.58. The minimum atomic E-state index is 0.539. The van der Waals surface area contributed by atoms with E-state index in [0.717, 1.165) is 11.1 Å². The molecule has 0 saturated heterocycles. The van der Waals surface area contributed by atoms with Crippen LogP contribution >= 0.6 is 0 Å². The Hall–Kier alpha value is -1.62. The highest BCUT2D eigenvalue weighted by Crippen LogP contribution is 2.16. The van der Waals surface area contributed by atoms with Gasteiger partial charge in [0.1, 0.15) is 11.5 Å². The van der Waals surface area contributed by atoms with Crippen molar-refractivity contribution >= 4 is 0 Å². The molecule has 0 radical (unpaired) electrons. The molecule has 0 heterocycles. The Bertz CT molecular complexity index is 336. The van der Waals surface area contributed by atoms with E-state index in [2.05, 4.69) is 12.5 Å². The Labute approximate surface area is 86.1 Å². The van der Waals surface area contributed by atoms with Gasteiger partial charge in [-0.25, -0.2) is 0 Å². The highest BCUT2D eigenvalue weighted by Gasteiger charge is 2.03. The lowest BCUT2D eigenvalue weighted by molar-refractivity contribution is 0.314. The van der Waals surface area contributed by atoms with Gasteiger partial charge in [0.05, 0.1) is 0 Å². The summed E-state index contributed by atoms with van der Waals surface area (Å²) in [5.41, 5.74) is 7.90. The zero-order valence-electron chi connectivity index (χ0n) is 9.27. The largest absolute Gasteiger partial charge is 0.461 e. The van der Waals surface area contributed by atoms with Gasteiger partial charge < -0.3 is 10.5 Å². The van der Waals surface area contributed by atoms with Gasteiger partial charge in [0, 0.05) is 16.8 Å². The predicted molar refractivity (Wildman–Crippen MR) is 60.0 cm³/mol. The summed E-state index contributed by atoms with van der Waals surface area (Å²) < 4.78 is 5.43. The molecule has 0 unspecified atom stereocenters. The maximum Gasteiger partial charge on any atom is 0.124 e. The molecule has 0 rings (SSSR count). The first-order valence-corrected chi connectivity index (χ1v) is 4.34. The fourth-order valence-electron chi connectivity index (χ4n) is 0.659. The van der Waals surface area contributed by atoms with Gasteiger partial charge in [-0.15, -0.1) is 6.42 Å². The summed E-state index contributed by atoms with van der Waals surface area (Å²) in [4.78, 5) is 0. The first kappa shape index (κ1) is 12.4. The second kappa shape index (κ2) is 5.18. The third-order valence-electron chi connectivity index (χ3n) is 2.03. The normalized spacial score (nSPS) is 13.6. The van der Waals surface area contributed by atoms with Crippen molar-refractivity contribution in [2.24, 2.45) is 5.73 Å². The van der Waals surface area contributed by atoms with Gasteiger partial charge in [-0.2, -0.15) is 0 Å². The number of nitrogens with two attached hydrogens (primary N) is 1. The van der Waals surface area contributed by atoms with Crippen LogP contribution in [0.5, 0.6) is 0 Å². The second-order valence-electron chi connectivity index (χ2n) is 3.16. The molecule has 2 nitrogen and oxygen atoms in total. The lowest BCUT2D eigenvalue weighted by atomic mass is 10.2. The van der Waals surface area contributed by atoms with Crippen LogP contribution in [0.25, 0.3) is 0 Å². The molecular formula is C12H17NO. The van der Waals surface area contributed by atoms with E-state index in [1.54, 1.807) is 13.8 Å². The van der Waals surface area contributed by atoms with Gasteiger partial charge in [-0.05, 0) is 27.7 Å². The molecule has 0 saturated carbocycles. The van der Waals surface area contributed by atoms with Crippen molar-refractivity contribution in [1.82, 2.24) is 0 Å². The SMILES string of the molecule is C#C/C(C)=C(/C)OC(=C)/C(C)=C(\C)N. The molecule has 0 spiro atoms. The molecular weight excluding hydrogens is 174 g/mol. The number of terminal acetylenes is 1. The van der Waals surface area contributed by atoms with Crippen molar-refractivity contribution in [1.29, 1.82) is 0 Å². The van der Waals surface area contributed by atoms with Crippen LogP contribution in [0.3, 0.4) is 0 Å². The van der Waals surface area contributed by atoms with Crippen molar-refractivity contribution in [2.45, 2.75) is 27.7 Å². The van der Waals surface area contributed by atoms with Crippen LogP contribution in [0.15, 0.2) is 34.9 Å². The molecule has 0 aromatic rings. The average molecular weight is 191 g/mol. The summed E-state index contributed by atoms with van der Waals surface area (Å²) in [7, 11) is 0. The number of rotatable bonds is 3. The van der Waals surface area contributed by atoms with Crippen LogP contribution in [-0.4, -0.2) is 0 Å². The molecule has 2 N–H and O–H groups in total. The van der Waals surface area contributed by atoms with E-state index in [9.17, 15) is 0 Å². The number of hydrogen-bond acceptors (Lipinski definition) is 2.